The van der Waals surface area contributed by atoms with E-state index in [0.717, 1.165) is 35.3 Å². The van der Waals surface area contributed by atoms with Crippen LogP contribution >= 0.6 is 11.3 Å². The van der Waals surface area contributed by atoms with E-state index in [1.165, 1.54) is 24.2 Å². The molecule has 0 aliphatic heterocycles. The van der Waals surface area contributed by atoms with Gasteiger partial charge in [0.15, 0.2) is 0 Å². The summed E-state index contributed by atoms with van der Waals surface area (Å²) in [6.45, 7) is 2.00. The van der Waals surface area contributed by atoms with Crippen molar-refractivity contribution in [3.05, 3.63) is 34.7 Å². The Labute approximate surface area is 140 Å². The first-order chi connectivity index (χ1) is 11.1. The summed E-state index contributed by atoms with van der Waals surface area (Å²) in [6.07, 6.45) is 4.50. The van der Waals surface area contributed by atoms with E-state index < -0.39 is 0 Å². The minimum atomic E-state index is -0.0564. The third-order valence-electron chi connectivity index (χ3n) is 4.44. The average molecular weight is 330 g/mol. The van der Waals surface area contributed by atoms with Crippen LogP contribution in [0.4, 0.5) is 5.00 Å². The fourth-order valence-electron chi connectivity index (χ4n) is 3.19. The molecule has 1 heterocycles. The summed E-state index contributed by atoms with van der Waals surface area (Å²) in [5.74, 6) is 0.785. The van der Waals surface area contributed by atoms with Crippen molar-refractivity contribution in [2.75, 3.05) is 12.8 Å². The Morgan fingerprint density at radius 1 is 1.35 bits per heavy atom. The highest BCUT2D eigenvalue weighted by Gasteiger charge is 2.23. The number of nitrogens with two attached hydrogens (primary N) is 1. The molecule has 4 nitrogen and oxygen atoms in total. The molecule has 0 atom stereocenters. The van der Waals surface area contributed by atoms with Crippen LogP contribution in [0.15, 0.2) is 23.6 Å². The number of methoxy groups -OCH3 is 1. The highest BCUT2D eigenvalue weighted by molar-refractivity contribution is 7.15. The third kappa shape index (κ3) is 3.20. The molecule has 1 aromatic carbocycles. The van der Waals surface area contributed by atoms with Gasteiger partial charge in [0.05, 0.1) is 17.7 Å². The van der Waals surface area contributed by atoms with E-state index in [-0.39, 0.29) is 11.9 Å². The lowest BCUT2D eigenvalue weighted by Gasteiger charge is -2.13. The second-order valence-corrected chi connectivity index (χ2v) is 6.94. The number of carbonyl (C=O) groups is 1. The van der Waals surface area contributed by atoms with Crippen LogP contribution in [0.1, 0.15) is 41.6 Å². The Hall–Kier alpha value is -2.01. The third-order valence-corrected chi connectivity index (χ3v) is 5.25. The van der Waals surface area contributed by atoms with Gasteiger partial charge in [-0.25, -0.2) is 0 Å². The van der Waals surface area contributed by atoms with E-state index in [0.29, 0.717) is 10.6 Å². The van der Waals surface area contributed by atoms with E-state index in [1.807, 2.05) is 30.5 Å². The lowest BCUT2D eigenvalue weighted by atomic mass is 10.0. The fraction of sp³-hybridized carbons (Fsp3) is 0.389. The average Bonchev–Trinajstić information content (AvgIpc) is 3.16. The zero-order valence-electron chi connectivity index (χ0n) is 13.5. The maximum Gasteiger partial charge on any atom is 0.255 e. The molecule has 0 unspecified atom stereocenters. The van der Waals surface area contributed by atoms with E-state index in [9.17, 15) is 4.79 Å². The van der Waals surface area contributed by atoms with Gasteiger partial charge in [0.1, 0.15) is 5.75 Å². The number of benzene rings is 1. The van der Waals surface area contributed by atoms with E-state index >= 15 is 0 Å². The van der Waals surface area contributed by atoms with Crippen molar-refractivity contribution in [1.29, 1.82) is 0 Å². The first kappa shape index (κ1) is 15.9. The zero-order chi connectivity index (χ0) is 16.4. The molecule has 3 N–H and O–H groups in total. The second kappa shape index (κ2) is 6.62. The number of carbonyl (C=O) groups excluding carboxylic acids is 1. The van der Waals surface area contributed by atoms with Crippen LogP contribution in [0.25, 0.3) is 11.1 Å². The molecule has 122 valence electrons. The summed E-state index contributed by atoms with van der Waals surface area (Å²) in [5, 5.41) is 5.66. The van der Waals surface area contributed by atoms with Crippen molar-refractivity contribution in [2.24, 2.45) is 0 Å². The fourth-order valence-corrected chi connectivity index (χ4v) is 4.01. The number of nitrogens with one attached hydrogen (secondary N) is 1. The maximum absolute atomic E-state index is 12.7. The van der Waals surface area contributed by atoms with Crippen LogP contribution in [0.5, 0.6) is 5.75 Å². The summed E-state index contributed by atoms with van der Waals surface area (Å²) in [5.41, 5.74) is 9.61. The van der Waals surface area contributed by atoms with Gasteiger partial charge in [-0.2, -0.15) is 0 Å². The van der Waals surface area contributed by atoms with Crippen LogP contribution in [-0.4, -0.2) is 19.1 Å². The topological polar surface area (TPSA) is 64.3 Å². The Balaban J connectivity index is 1.91. The molecular weight excluding hydrogens is 308 g/mol. The second-order valence-electron chi connectivity index (χ2n) is 6.03. The van der Waals surface area contributed by atoms with Crippen molar-refractivity contribution in [3.63, 3.8) is 0 Å². The molecular formula is C18H22N2O2S. The summed E-state index contributed by atoms with van der Waals surface area (Å²) in [4.78, 5) is 12.7. The molecule has 1 saturated carbocycles. The summed E-state index contributed by atoms with van der Waals surface area (Å²) >= 11 is 1.41. The van der Waals surface area contributed by atoms with Gasteiger partial charge < -0.3 is 15.8 Å². The van der Waals surface area contributed by atoms with Gasteiger partial charge in [-0.15, -0.1) is 11.3 Å². The molecule has 0 bridgehead atoms. The standard InChI is InChI=1S/C18H22N2O2S/c1-11-9-12(7-8-15(11)22-2)14-10-23-17(19)16(14)18(21)20-13-5-3-4-6-13/h7-10,13H,3-6,19H2,1-2H3,(H,20,21). The lowest BCUT2D eigenvalue weighted by molar-refractivity contribution is 0.0940. The number of anilines is 1. The Morgan fingerprint density at radius 2 is 2.09 bits per heavy atom. The summed E-state index contributed by atoms with van der Waals surface area (Å²) in [6, 6.07) is 6.22. The molecule has 2 aromatic rings. The molecule has 5 heteroatoms. The molecule has 1 aromatic heterocycles. The quantitative estimate of drug-likeness (QED) is 0.891. The molecule has 1 fully saturated rings. The molecule has 0 radical (unpaired) electrons. The minimum Gasteiger partial charge on any atom is -0.496 e. The molecule has 1 aliphatic carbocycles. The van der Waals surface area contributed by atoms with Gasteiger partial charge >= 0.3 is 0 Å². The minimum absolute atomic E-state index is 0.0564. The molecule has 0 spiro atoms. The normalized spacial score (nSPS) is 14.9. The Morgan fingerprint density at radius 3 is 2.74 bits per heavy atom. The van der Waals surface area contributed by atoms with Crippen LogP contribution in [0.3, 0.4) is 0 Å². The van der Waals surface area contributed by atoms with E-state index in [4.69, 9.17) is 10.5 Å². The van der Waals surface area contributed by atoms with Crippen molar-refractivity contribution in [2.45, 2.75) is 38.6 Å². The number of amides is 1. The zero-order valence-corrected chi connectivity index (χ0v) is 14.3. The van der Waals surface area contributed by atoms with Gasteiger partial charge in [-0.05, 0) is 43.0 Å². The predicted octanol–water partition coefficient (Wildman–Crippen LogP) is 3.99. The molecule has 1 amide bonds. The Kier molecular flexibility index (Phi) is 4.57. The number of thiophene rings is 1. The predicted molar refractivity (Wildman–Crippen MR) is 95.2 cm³/mol. The monoisotopic (exact) mass is 330 g/mol. The van der Waals surface area contributed by atoms with Crippen molar-refractivity contribution >= 4 is 22.2 Å². The first-order valence-corrected chi connectivity index (χ1v) is 8.81. The van der Waals surface area contributed by atoms with Crippen LogP contribution in [-0.2, 0) is 0 Å². The smallest absolute Gasteiger partial charge is 0.255 e. The Bertz CT molecular complexity index is 718. The van der Waals surface area contributed by atoms with Crippen LogP contribution in [0.2, 0.25) is 0 Å². The molecule has 23 heavy (non-hydrogen) atoms. The van der Waals surface area contributed by atoms with Crippen molar-refractivity contribution < 1.29 is 9.53 Å². The largest absolute Gasteiger partial charge is 0.496 e. The van der Waals surface area contributed by atoms with Gasteiger partial charge in [0, 0.05) is 17.0 Å². The number of hydrogen-bond acceptors (Lipinski definition) is 4. The number of aryl methyl sites for hydroxylation is 1. The van der Waals surface area contributed by atoms with E-state index in [1.54, 1.807) is 7.11 Å². The number of nitrogen functional groups attached to an aromatic ring is 1. The van der Waals surface area contributed by atoms with E-state index in [2.05, 4.69) is 5.32 Å². The van der Waals surface area contributed by atoms with Gasteiger partial charge in [-0.3, -0.25) is 4.79 Å². The van der Waals surface area contributed by atoms with Gasteiger partial charge in [0.2, 0.25) is 0 Å². The number of rotatable bonds is 4. The molecule has 3 rings (SSSR count). The molecule has 0 saturated heterocycles. The van der Waals surface area contributed by atoms with Crippen molar-refractivity contribution in [3.8, 4) is 16.9 Å². The van der Waals surface area contributed by atoms with Crippen LogP contribution < -0.4 is 15.8 Å². The highest BCUT2D eigenvalue weighted by Crippen LogP contribution is 2.35. The molecule has 1 aliphatic rings. The van der Waals surface area contributed by atoms with Crippen molar-refractivity contribution in [1.82, 2.24) is 5.32 Å². The number of ether oxygens (including phenoxy) is 1. The van der Waals surface area contributed by atoms with Gasteiger partial charge in [-0.1, -0.05) is 18.9 Å². The highest BCUT2D eigenvalue weighted by atomic mass is 32.1. The van der Waals surface area contributed by atoms with Gasteiger partial charge in [0.25, 0.3) is 5.91 Å². The number of hydrogen-bond donors (Lipinski definition) is 2. The lowest BCUT2D eigenvalue weighted by Crippen LogP contribution is -2.33. The SMILES string of the molecule is COc1ccc(-c2csc(N)c2C(=O)NC2CCCC2)cc1C. The summed E-state index contributed by atoms with van der Waals surface area (Å²) in [7, 11) is 1.66. The first-order valence-electron chi connectivity index (χ1n) is 7.93. The van der Waals surface area contributed by atoms with Crippen LogP contribution in [0, 0.1) is 6.92 Å². The maximum atomic E-state index is 12.7. The summed E-state index contributed by atoms with van der Waals surface area (Å²) < 4.78 is 5.31.